The second kappa shape index (κ2) is 8.04. The lowest BCUT2D eigenvalue weighted by atomic mass is 10.3. The standard InChI is InChI=1S/C17H13F2N3O4S/c1-25-12-5-3-11(4-6-12)22-16(17(24)26-21-22)27-9-15(23)20-10-2-7-13(18)14(19)8-10/h2-8H,9H2,1H3,(H-,20,21,23,24). The van der Waals surface area contributed by atoms with E-state index >= 15 is 0 Å². The molecule has 0 radical (unpaired) electrons. The molecule has 0 unspecified atom stereocenters. The molecule has 2 aromatic carbocycles. The van der Waals surface area contributed by atoms with Crippen LogP contribution in [0.15, 0.2) is 52.0 Å². The van der Waals surface area contributed by atoms with E-state index in [0.717, 1.165) is 23.9 Å². The van der Waals surface area contributed by atoms with Crippen LogP contribution < -0.4 is 19.8 Å². The van der Waals surface area contributed by atoms with Crippen molar-refractivity contribution in [1.29, 1.82) is 0 Å². The number of nitrogens with one attached hydrogen (secondary N) is 1. The van der Waals surface area contributed by atoms with Crippen LogP contribution in [0.5, 0.6) is 11.7 Å². The largest absolute Gasteiger partial charge is 0.538 e. The predicted octanol–water partition coefficient (Wildman–Crippen LogP) is 2.04. The van der Waals surface area contributed by atoms with Crippen molar-refractivity contribution >= 4 is 23.4 Å². The number of rotatable bonds is 6. The van der Waals surface area contributed by atoms with Crippen molar-refractivity contribution in [1.82, 2.24) is 5.27 Å². The summed E-state index contributed by atoms with van der Waals surface area (Å²) in [7, 11) is 1.53. The van der Waals surface area contributed by atoms with Crippen LogP contribution in [0.25, 0.3) is 5.69 Å². The normalized spacial score (nSPS) is 10.6. The molecule has 140 valence electrons. The Morgan fingerprint density at radius 3 is 2.67 bits per heavy atom. The van der Waals surface area contributed by atoms with Crippen molar-refractivity contribution in [2.45, 2.75) is 5.03 Å². The molecule has 7 nitrogen and oxygen atoms in total. The van der Waals surface area contributed by atoms with Gasteiger partial charge < -0.3 is 19.7 Å². The molecule has 10 heteroatoms. The van der Waals surface area contributed by atoms with Gasteiger partial charge in [0.2, 0.25) is 11.6 Å². The van der Waals surface area contributed by atoms with Gasteiger partial charge in [-0.15, -0.1) is 0 Å². The zero-order valence-electron chi connectivity index (χ0n) is 13.9. The second-order valence-corrected chi connectivity index (χ2v) is 6.21. The lowest BCUT2D eigenvalue weighted by Gasteiger charge is -2.04. The molecule has 1 heterocycles. The summed E-state index contributed by atoms with van der Waals surface area (Å²) in [6.07, 6.45) is 0. The number of carbonyl (C=O) groups excluding carboxylic acids is 1. The summed E-state index contributed by atoms with van der Waals surface area (Å²) in [5, 5.41) is 18.1. The third-order valence-electron chi connectivity index (χ3n) is 3.43. The number of thioether (sulfide) groups is 1. The average molecular weight is 393 g/mol. The Bertz CT molecular complexity index is 963. The highest BCUT2D eigenvalue weighted by Crippen LogP contribution is 2.24. The molecule has 3 rings (SSSR count). The quantitative estimate of drug-likeness (QED) is 0.509. The minimum Gasteiger partial charge on any atom is -0.538 e. The third-order valence-corrected chi connectivity index (χ3v) is 4.45. The van der Waals surface area contributed by atoms with Crippen LogP contribution in [0.1, 0.15) is 0 Å². The molecule has 1 N–H and O–H groups in total. The summed E-state index contributed by atoms with van der Waals surface area (Å²) in [4.78, 5) is 12.0. The first kappa shape index (κ1) is 18.6. The van der Waals surface area contributed by atoms with Crippen molar-refractivity contribution in [3.8, 4) is 17.4 Å². The average Bonchev–Trinajstić information content (AvgIpc) is 3.03. The highest BCUT2D eigenvalue weighted by molar-refractivity contribution is 7.99. The van der Waals surface area contributed by atoms with Crippen LogP contribution in [0.3, 0.4) is 0 Å². The van der Waals surface area contributed by atoms with Gasteiger partial charge >= 0.3 is 0 Å². The Kier molecular flexibility index (Phi) is 5.55. The van der Waals surface area contributed by atoms with Crippen molar-refractivity contribution in [2.75, 3.05) is 18.2 Å². The minimum absolute atomic E-state index is 0.0978. The summed E-state index contributed by atoms with van der Waals surface area (Å²) in [6, 6.07) is 9.73. The Balaban J connectivity index is 1.69. The van der Waals surface area contributed by atoms with E-state index in [4.69, 9.17) is 4.74 Å². The van der Waals surface area contributed by atoms with E-state index in [1.807, 2.05) is 0 Å². The molecule has 3 aromatic rings. The summed E-state index contributed by atoms with van der Waals surface area (Å²) >= 11 is 0.903. The smallest absolute Gasteiger partial charge is 0.298 e. The van der Waals surface area contributed by atoms with Crippen molar-refractivity contribution in [3.63, 3.8) is 0 Å². The van der Waals surface area contributed by atoms with Gasteiger partial charge in [0.1, 0.15) is 5.75 Å². The fourth-order valence-corrected chi connectivity index (χ4v) is 2.91. The van der Waals surface area contributed by atoms with Crippen molar-refractivity contribution in [3.05, 3.63) is 54.1 Å². The second-order valence-electron chi connectivity index (χ2n) is 5.24. The molecule has 1 aromatic heterocycles. The fourth-order valence-electron chi connectivity index (χ4n) is 2.15. The number of ether oxygens (including phenoxy) is 1. The van der Waals surface area contributed by atoms with E-state index in [1.165, 1.54) is 17.9 Å². The molecule has 0 aliphatic heterocycles. The van der Waals surface area contributed by atoms with Gasteiger partial charge in [0, 0.05) is 23.9 Å². The van der Waals surface area contributed by atoms with Gasteiger partial charge in [0.15, 0.2) is 17.6 Å². The molecule has 27 heavy (non-hydrogen) atoms. The number of hydrogen-bond acceptors (Lipinski definition) is 6. The van der Waals surface area contributed by atoms with E-state index in [9.17, 15) is 18.7 Å². The number of carbonyl (C=O) groups is 1. The Hall–Kier alpha value is -3.14. The molecule has 0 spiro atoms. The lowest BCUT2D eigenvalue weighted by molar-refractivity contribution is -0.705. The van der Waals surface area contributed by atoms with Crippen LogP contribution in [0.4, 0.5) is 14.5 Å². The highest BCUT2D eigenvalue weighted by atomic mass is 32.2. The number of halogens is 2. The van der Waals surface area contributed by atoms with E-state index in [1.54, 1.807) is 24.3 Å². The topological polar surface area (TPSA) is 91.3 Å². The molecule has 0 saturated heterocycles. The summed E-state index contributed by atoms with van der Waals surface area (Å²) in [6.45, 7) is 0. The number of amides is 1. The summed E-state index contributed by atoms with van der Waals surface area (Å²) in [5.41, 5.74) is 0.653. The number of methoxy groups -OCH3 is 1. The first-order valence-electron chi connectivity index (χ1n) is 7.59. The zero-order valence-corrected chi connectivity index (χ0v) is 14.8. The molecule has 0 bridgehead atoms. The lowest BCUT2D eigenvalue weighted by Crippen LogP contribution is -2.35. The summed E-state index contributed by atoms with van der Waals surface area (Å²) in [5.74, 6) is -2.82. The maximum Gasteiger partial charge on any atom is 0.298 e. The maximum absolute atomic E-state index is 13.2. The Morgan fingerprint density at radius 1 is 1.26 bits per heavy atom. The molecular formula is C17H13F2N3O4S. The van der Waals surface area contributed by atoms with E-state index in [-0.39, 0.29) is 16.5 Å². The van der Waals surface area contributed by atoms with Gasteiger partial charge in [-0.05, 0) is 40.7 Å². The van der Waals surface area contributed by atoms with Crippen LogP contribution in [0, 0.1) is 11.6 Å². The van der Waals surface area contributed by atoms with Crippen LogP contribution in [-0.4, -0.2) is 24.0 Å². The van der Waals surface area contributed by atoms with E-state index in [0.29, 0.717) is 11.4 Å². The number of nitrogens with zero attached hydrogens (tertiary/aromatic N) is 2. The van der Waals surface area contributed by atoms with E-state index in [2.05, 4.69) is 15.1 Å². The molecule has 0 atom stereocenters. The molecule has 0 fully saturated rings. The minimum atomic E-state index is -1.07. The number of anilines is 1. The molecule has 1 amide bonds. The van der Waals surface area contributed by atoms with Gasteiger partial charge in [0.05, 0.1) is 18.1 Å². The Morgan fingerprint density at radius 2 is 2.00 bits per heavy atom. The van der Waals surface area contributed by atoms with Crippen LogP contribution in [0.2, 0.25) is 0 Å². The molecule has 0 saturated carbocycles. The SMILES string of the molecule is COc1ccc(-[n+]2noc([O-])c2SCC(=O)Nc2ccc(F)c(F)c2)cc1. The monoisotopic (exact) mass is 393 g/mol. The number of hydrogen-bond donors (Lipinski definition) is 1. The first-order valence-corrected chi connectivity index (χ1v) is 8.57. The molecular weight excluding hydrogens is 380 g/mol. The van der Waals surface area contributed by atoms with Crippen LogP contribution in [-0.2, 0) is 4.79 Å². The Labute approximate surface area is 156 Å². The van der Waals surface area contributed by atoms with Crippen molar-refractivity contribution < 1.29 is 32.6 Å². The maximum atomic E-state index is 13.2. The first-order chi connectivity index (χ1) is 13.0. The molecule has 0 aliphatic rings. The van der Waals surface area contributed by atoms with E-state index < -0.39 is 23.5 Å². The number of benzene rings is 2. The zero-order chi connectivity index (χ0) is 19.4. The van der Waals surface area contributed by atoms with Crippen LogP contribution >= 0.6 is 11.8 Å². The summed E-state index contributed by atoms with van der Waals surface area (Å²) < 4.78 is 37.1. The van der Waals surface area contributed by atoms with Gasteiger partial charge in [-0.2, -0.15) is 0 Å². The predicted molar refractivity (Wildman–Crippen MR) is 89.7 cm³/mol. The highest BCUT2D eigenvalue weighted by Gasteiger charge is 2.22. The fraction of sp³-hybridized carbons (Fsp3) is 0.118. The van der Waals surface area contributed by atoms with Gasteiger partial charge in [0.25, 0.3) is 5.03 Å². The van der Waals surface area contributed by atoms with Gasteiger partial charge in [-0.1, -0.05) is 0 Å². The third kappa shape index (κ3) is 4.34. The molecule has 0 aliphatic carbocycles. The van der Waals surface area contributed by atoms with Gasteiger partial charge in [-0.25, -0.2) is 8.78 Å². The van der Waals surface area contributed by atoms with Gasteiger partial charge in [-0.3, -0.25) is 4.79 Å². The van der Waals surface area contributed by atoms with Crippen molar-refractivity contribution in [2.24, 2.45) is 0 Å². The number of aromatic nitrogens is 2.